The molecule has 2 atom stereocenters. The molecule has 32 heavy (non-hydrogen) atoms. The van der Waals surface area contributed by atoms with Crippen molar-refractivity contribution in [3.05, 3.63) is 95.0 Å². The van der Waals surface area contributed by atoms with Crippen LogP contribution in [0.1, 0.15) is 18.1 Å². The van der Waals surface area contributed by atoms with Gasteiger partial charge in [-0.2, -0.15) is 5.10 Å². The molecule has 0 fully saturated rings. The lowest BCUT2D eigenvalue weighted by Gasteiger charge is -2.36. The molecular formula is C25H20ClN3O3. The highest BCUT2D eigenvalue weighted by Gasteiger charge is 2.65. The Bertz CT molecular complexity index is 1230. The molecule has 1 N–H and O–H groups in total. The second-order valence-electron chi connectivity index (χ2n) is 7.59. The molecule has 0 aromatic heterocycles. The Morgan fingerprint density at radius 3 is 2.47 bits per heavy atom. The van der Waals surface area contributed by atoms with Gasteiger partial charge in [-0.05, 0) is 42.8 Å². The zero-order chi connectivity index (χ0) is 22.3. The summed E-state index contributed by atoms with van der Waals surface area (Å²) in [5.74, 6) is -1.87. The molecule has 1 amide bonds. The number of halogens is 1. The lowest BCUT2D eigenvalue weighted by Crippen LogP contribution is -2.54. The minimum absolute atomic E-state index is 0.183. The molecule has 5 rings (SSSR count). The van der Waals surface area contributed by atoms with Crippen LogP contribution >= 0.6 is 11.6 Å². The number of rotatable bonds is 4. The van der Waals surface area contributed by atoms with Gasteiger partial charge in [-0.1, -0.05) is 60.1 Å². The zero-order valence-electron chi connectivity index (χ0n) is 17.3. The molecule has 1 spiro atoms. The molecule has 7 heteroatoms. The van der Waals surface area contributed by atoms with Crippen molar-refractivity contribution < 1.29 is 14.3 Å². The summed E-state index contributed by atoms with van der Waals surface area (Å²) in [6.07, 6.45) is 0. The monoisotopic (exact) mass is 445 g/mol. The second kappa shape index (κ2) is 7.80. The minimum Gasteiger partial charge on any atom is -0.465 e. The third kappa shape index (κ3) is 2.91. The van der Waals surface area contributed by atoms with Crippen molar-refractivity contribution in [2.45, 2.75) is 12.5 Å². The fraction of sp³-hybridized carbons (Fsp3) is 0.160. The van der Waals surface area contributed by atoms with E-state index in [4.69, 9.17) is 21.4 Å². The number of hydrogen-bond donors (Lipinski definition) is 1. The van der Waals surface area contributed by atoms with Crippen molar-refractivity contribution in [3.8, 4) is 0 Å². The van der Waals surface area contributed by atoms with Gasteiger partial charge < -0.3 is 10.1 Å². The highest BCUT2D eigenvalue weighted by molar-refractivity contribution is 6.31. The maximum Gasteiger partial charge on any atom is 0.318 e. The SMILES string of the molecule is CCOC(=O)[C@H]1C(c2ccccc2)=NN(c2ccccc2)[C@]12C(=O)Nc1ccc(Cl)cc12. The summed E-state index contributed by atoms with van der Waals surface area (Å²) in [5.41, 5.74) is 1.60. The van der Waals surface area contributed by atoms with Gasteiger partial charge in [-0.25, -0.2) is 5.01 Å². The van der Waals surface area contributed by atoms with E-state index in [-0.39, 0.29) is 12.5 Å². The van der Waals surface area contributed by atoms with Gasteiger partial charge in [0.1, 0.15) is 5.92 Å². The summed E-state index contributed by atoms with van der Waals surface area (Å²) in [6.45, 7) is 1.93. The Labute approximate surface area is 190 Å². The number of carbonyl (C=O) groups is 2. The molecule has 3 aromatic rings. The number of anilines is 2. The predicted molar refractivity (Wildman–Crippen MR) is 124 cm³/mol. The van der Waals surface area contributed by atoms with Gasteiger partial charge >= 0.3 is 5.97 Å². The molecule has 2 aliphatic rings. The number of para-hydroxylation sites is 1. The molecule has 160 valence electrons. The highest BCUT2D eigenvalue weighted by Crippen LogP contribution is 2.53. The van der Waals surface area contributed by atoms with E-state index < -0.39 is 17.4 Å². The number of carbonyl (C=O) groups excluding carboxylic acids is 2. The van der Waals surface area contributed by atoms with Crippen LogP contribution in [0.2, 0.25) is 5.02 Å². The van der Waals surface area contributed by atoms with Crippen molar-refractivity contribution in [3.63, 3.8) is 0 Å². The van der Waals surface area contributed by atoms with Crippen molar-refractivity contribution in [1.29, 1.82) is 0 Å². The van der Waals surface area contributed by atoms with Gasteiger partial charge in [0.15, 0.2) is 5.54 Å². The molecule has 0 saturated heterocycles. The van der Waals surface area contributed by atoms with Crippen LogP contribution in [0.3, 0.4) is 0 Å². The van der Waals surface area contributed by atoms with E-state index in [1.807, 2.05) is 60.7 Å². The number of ether oxygens (including phenoxy) is 1. The molecule has 3 aromatic carbocycles. The molecular weight excluding hydrogens is 426 g/mol. The number of amides is 1. The fourth-order valence-electron chi connectivity index (χ4n) is 4.51. The van der Waals surface area contributed by atoms with Gasteiger partial charge in [0.25, 0.3) is 5.91 Å². The quantitative estimate of drug-likeness (QED) is 0.596. The molecule has 2 heterocycles. The van der Waals surface area contributed by atoms with Crippen molar-refractivity contribution >= 4 is 40.6 Å². The zero-order valence-corrected chi connectivity index (χ0v) is 18.0. The van der Waals surface area contributed by atoms with E-state index in [9.17, 15) is 9.59 Å². The number of hydrogen-bond acceptors (Lipinski definition) is 5. The lowest BCUT2D eigenvalue weighted by atomic mass is 9.75. The average Bonchev–Trinajstić information content (AvgIpc) is 3.32. The molecule has 0 saturated carbocycles. The highest BCUT2D eigenvalue weighted by atomic mass is 35.5. The van der Waals surface area contributed by atoms with Crippen LogP contribution < -0.4 is 10.3 Å². The van der Waals surface area contributed by atoms with Gasteiger partial charge in [-0.3, -0.25) is 9.59 Å². The fourth-order valence-corrected chi connectivity index (χ4v) is 4.69. The average molecular weight is 446 g/mol. The molecule has 6 nitrogen and oxygen atoms in total. The Hall–Kier alpha value is -3.64. The molecule has 0 radical (unpaired) electrons. The van der Waals surface area contributed by atoms with Gasteiger partial charge in [0.2, 0.25) is 0 Å². The smallest absolute Gasteiger partial charge is 0.318 e. The van der Waals surface area contributed by atoms with Crippen LogP contribution in [0.25, 0.3) is 0 Å². The number of hydrazone groups is 1. The third-order valence-corrected chi connectivity index (χ3v) is 6.05. The van der Waals surface area contributed by atoms with Crippen LogP contribution in [0.5, 0.6) is 0 Å². The van der Waals surface area contributed by atoms with E-state index in [0.717, 1.165) is 5.56 Å². The summed E-state index contributed by atoms with van der Waals surface area (Å²) < 4.78 is 5.48. The maximum absolute atomic E-state index is 13.8. The van der Waals surface area contributed by atoms with E-state index >= 15 is 0 Å². The van der Waals surface area contributed by atoms with Crippen molar-refractivity contribution in [2.75, 3.05) is 16.9 Å². The molecule has 0 bridgehead atoms. The van der Waals surface area contributed by atoms with Gasteiger partial charge in [0, 0.05) is 16.3 Å². The standard InChI is InChI=1S/C25H20ClN3O3/c1-2-32-23(30)21-22(16-9-5-3-6-10-16)28-29(18-11-7-4-8-12-18)25(21)19-15-17(26)13-14-20(19)27-24(25)31/h3-15,21H,2H2,1H3,(H,27,31)/t21-,25+/m1/s1. The lowest BCUT2D eigenvalue weighted by molar-refractivity contribution is -0.149. The Balaban J connectivity index is 1.83. The number of esters is 1. The second-order valence-corrected chi connectivity index (χ2v) is 8.03. The van der Waals surface area contributed by atoms with Crippen molar-refractivity contribution in [1.82, 2.24) is 0 Å². The summed E-state index contributed by atoms with van der Waals surface area (Å²) in [4.78, 5) is 27.2. The Kier molecular flexibility index (Phi) is 4.94. The van der Waals surface area contributed by atoms with E-state index in [1.54, 1.807) is 30.1 Å². The molecule has 0 unspecified atom stereocenters. The summed E-state index contributed by atoms with van der Waals surface area (Å²) in [5, 5.41) is 9.90. The Morgan fingerprint density at radius 2 is 1.78 bits per heavy atom. The number of benzene rings is 3. The first-order valence-electron chi connectivity index (χ1n) is 10.3. The number of fused-ring (bicyclic) bond motifs is 2. The minimum atomic E-state index is -1.47. The number of nitrogens with one attached hydrogen (secondary N) is 1. The molecule has 0 aliphatic carbocycles. The number of nitrogens with zero attached hydrogens (tertiary/aromatic N) is 2. The normalized spacial score (nSPS) is 21.3. The van der Waals surface area contributed by atoms with E-state index in [0.29, 0.717) is 27.7 Å². The van der Waals surface area contributed by atoms with Crippen LogP contribution in [0, 0.1) is 5.92 Å². The van der Waals surface area contributed by atoms with E-state index in [2.05, 4.69) is 5.32 Å². The molecule has 2 aliphatic heterocycles. The topological polar surface area (TPSA) is 71.0 Å². The first-order valence-corrected chi connectivity index (χ1v) is 10.7. The van der Waals surface area contributed by atoms with Gasteiger partial charge in [0.05, 0.1) is 18.0 Å². The van der Waals surface area contributed by atoms with Crippen LogP contribution in [-0.4, -0.2) is 24.2 Å². The van der Waals surface area contributed by atoms with Crippen LogP contribution in [0.15, 0.2) is 84.0 Å². The van der Waals surface area contributed by atoms with Crippen molar-refractivity contribution in [2.24, 2.45) is 11.0 Å². The Morgan fingerprint density at radius 1 is 1.09 bits per heavy atom. The first kappa shape index (κ1) is 20.3. The maximum atomic E-state index is 13.8. The largest absolute Gasteiger partial charge is 0.465 e. The van der Waals surface area contributed by atoms with Crippen LogP contribution in [0.4, 0.5) is 11.4 Å². The summed E-state index contributed by atoms with van der Waals surface area (Å²) >= 11 is 6.36. The summed E-state index contributed by atoms with van der Waals surface area (Å²) in [7, 11) is 0. The third-order valence-electron chi connectivity index (χ3n) is 5.81. The van der Waals surface area contributed by atoms with Gasteiger partial charge in [-0.15, -0.1) is 0 Å². The van der Waals surface area contributed by atoms with Crippen LogP contribution in [-0.2, 0) is 19.9 Å². The predicted octanol–water partition coefficient (Wildman–Crippen LogP) is 4.59. The van der Waals surface area contributed by atoms with E-state index in [1.165, 1.54) is 0 Å². The first-order chi connectivity index (χ1) is 15.6. The summed E-state index contributed by atoms with van der Waals surface area (Å²) in [6, 6.07) is 23.9.